The lowest BCUT2D eigenvalue weighted by Gasteiger charge is -2.33. The highest BCUT2D eigenvalue weighted by molar-refractivity contribution is 5.80. The summed E-state index contributed by atoms with van der Waals surface area (Å²) in [6, 6.07) is 6.99. The lowest BCUT2D eigenvalue weighted by molar-refractivity contribution is -0.125. The predicted octanol–water partition coefficient (Wildman–Crippen LogP) is 3.47. The van der Waals surface area contributed by atoms with Crippen molar-refractivity contribution < 1.29 is 4.79 Å². The molecule has 1 atom stereocenters. The number of carbonyl (C=O) groups excluding carboxylic acids is 1. The standard InChI is InChI=1S/C23H35N5O/c1-17-7-8-20-21(16-17)26-23(25-20)28-14-9-19(10-15-28)22(29)24-11-5-13-27-12-4-3-6-18(27)2/h7-8,16,18-19H,3-6,9-15H2,1-2H3,(H,24,29)(H,25,26)/t18-/m0/s1. The van der Waals surface area contributed by atoms with E-state index in [1.54, 1.807) is 0 Å². The monoisotopic (exact) mass is 397 g/mol. The van der Waals surface area contributed by atoms with Gasteiger partial charge in [-0.25, -0.2) is 4.98 Å². The molecular weight excluding hydrogens is 362 g/mol. The lowest BCUT2D eigenvalue weighted by atomic mass is 9.96. The first-order valence-electron chi connectivity index (χ1n) is 11.3. The first-order valence-corrected chi connectivity index (χ1v) is 11.3. The number of amides is 1. The summed E-state index contributed by atoms with van der Waals surface area (Å²) < 4.78 is 0. The molecule has 29 heavy (non-hydrogen) atoms. The highest BCUT2D eigenvalue weighted by Gasteiger charge is 2.26. The smallest absolute Gasteiger partial charge is 0.223 e. The molecule has 0 aliphatic carbocycles. The average Bonchev–Trinajstić information content (AvgIpc) is 3.15. The van der Waals surface area contributed by atoms with Gasteiger partial charge in [0.2, 0.25) is 11.9 Å². The van der Waals surface area contributed by atoms with Crippen LogP contribution in [0.3, 0.4) is 0 Å². The fraction of sp³-hybridized carbons (Fsp3) is 0.652. The van der Waals surface area contributed by atoms with Crippen LogP contribution < -0.4 is 10.2 Å². The van der Waals surface area contributed by atoms with E-state index in [0.29, 0.717) is 6.04 Å². The molecule has 2 saturated heterocycles. The molecule has 0 bridgehead atoms. The molecule has 6 heteroatoms. The van der Waals surface area contributed by atoms with Crippen LogP contribution in [-0.2, 0) is 4.79 Å². The summed E-state index contributed by atoms with van der Waals surface area (Å²) in [6.07, 6.45) is 6.83. The van der Waals surface area contributed by atoms with Crippen molar-refractivity contribution in [3.05, 3.63) is 23.8 Å². The highest BCUT2D eigenvalue weighted by atomic mass is 16.1. The molecule has 0 saturated carbocycles. The van der Waals surface area contributed by atoms with Gasteiger partial charge < -0.3 is 20.1 Å². The Morgan fingerprint density at radius 3 is 2.83 bits per heavy atom. The summed E-state index contributed by atoms with van der Waals surface area (Å²) >= 11 is 0. The molecule has 6 nitrogen and oxygen atoms in total. The molecule has 1 amide bonds. The highest BCUT2D eigenvalue weighted by Crippen LogP contribution is 2.24. The maximum atomic E-state index is 12.6. The third-order valence-corrected chi connectivity index (χ3v) is 6.65. The van der Waals surface area contributed by atoms with Crippen LogP contribution in [0.1, 0.15) is 51.0 Å². The quantitative estimate of drug-likeness (QED) is 0.733. The van der Waals surface area contributed by atoms with Crippen molar-refractivity contribution in [3.63, 3.8) is 0 Å². The van der Waals surface area contributed by atoms with Gasteiger partial charge in [0.25, 0.3) is 0 Å². The van der Waals surface area contributed by atoms with Crippen molar-refractivity contribution in [1.29, 1.82) is 0 Å². The number of anilines is 1. The van der Waals surface area contributed by atoms with Gasteiger partial charge in [-0.15, -0.1) is 0 Å². The lowest BCUT2D eigenvalue weighted by Crippen LogP contribution is -2.42. The van der Waals surface area contributed by atoms with Crippen LogP contribution in [0, 0.1) is 12.8 Å². The molecule has 2 aliphatic rings. The third kappa shape index (κ3) is 4.92. The Hall–Kier alpha value is -2.08. The molecule has 1 aromatic heterocycles. The number of carbonyl (C=O) groups is 1. The molecule has 2 fully saturated rings. The van der Waals surface area contributed by atoms with Crippen molar-refractivity contribution in [2.45, 2.75) is 58.4 Å². The normalized spacial score (nSPS) is 21.6. The zero-order chi connectivity index (χ0) is 20.2. The molecule has 3 heterocycles. The molecular formula is C23H35N5O. The van der Waals surface area contributed by atoms with Crippen molar-refractivity contribution >= 4 is 22.9 Å². The van der Waals surface area contributed by atoms with Gasteiger partial charge in [0.15, 0.2) is 0 Å². The fourth-order valence-corrected chi connectivity index (χ4v) is 4.74. The van der Waals surface area contributed by atoms with E-state index in [1.807, 2.05) is 0 Å². The van der Waals surface area contributed by atoms with Crippen LogP contribution >= 0.6 is 0 Å². The SMILES string of the molecule is Cc1ccc2nc(N3CCC(C(=O)NCCCN4CCCC[C@@H]4C)CC3)[nH]c2c1. The van der Waals surface area contributed by atoms with Crippen molar-refractivity contribution in [3.8, 4) is 0 Å². The summed E-state index contributed by atoms with van der Waals surface area (Å²) in [5, 5.41) is 3.18. The number of fused-ring (bicyclic) bond motifs is 1. The van der Waals surface area contributed by atoms with Gasteiger partial charge in [0.05, 0.1) is 11.0 Å². The number of aryl methyl sites for hydroxylation is 1. The summed E-state index contributed by atoms with van der Waals surface area (Å²) in [5.41, 5.74) is 3.33. The van der Waals surface area contributed by atoms with Crippen molar-refractivity contribution in [2.75, 3.05) is 37.6 Å². The van der Waals surface area contributed by atoms with Gasteiger partial charge in [-0.2, -0.15) is 0 Å². The van der Waals surface area contributed by atoms with E-state index >= 15 is 0 Å². The van der Waals surface area contributed by atoms with Gasteiger partial charge in [-0.05, 0) is 70.2 Å². The van der Waals surface area contributed by atoms with E-state index in [2.05, 4.69) is 52.1 Å². The molecule has 0 radical (unpaired) electrons. The predicted molar refractivity (Wildman–Crippen MR) is 118 cm³/mol. The number of aromatic nitrogens is 2. The van der Waals surface area contributed by atoms with E-state index in [-0.39, 0.29) is 11.8 Å². The Balaban J connectivity index is 1.20. The number of H-pyrrole nitrogens is 1. The van der Waals surface area contributed by atoms with Crippen molar-refractivity contribution in [2.24, 2.45) is 5.92 Å². The molecule has 4 rings (SSSR count). The Bertz CT molecular complexity index is 824. The molecule has 1 aromatic carbocycles. The number of likely N-dealkylation sites (tertiary alicyclic amines) is 1. The zero-order valence-corrected chi connectivity index (χ0v) is 17.9. The summed E-state index contributed by atoms with van der Waals surface area (Å²) in [5.74, 6) is 1.29. The van der Waals surface area contributed by atoms with E-state index < -0.39 is 0 Å². The van der Waals surface area contributed by atoms with Crippen LogP contribution in [0.5, 0.6) is 0 Å². The fourth-order valence-electron chi connectivity index (χ4n) is 4.74. The largest absolute Gasteiger partial charge is 0.356 e. The maximum Gasteiger partial charge on any atom is 0.223 e. The zero-order valence-electron chi connectivity index (χ0n) is 17.9. The second-order valence-electron chi connectivity index (χ2n) is 8.87. The Morgan fingerprint density at radius 1 is 1.21 bits per heavy atom. The number of hydrogen-bond acceptors (Lipinski definition) is 4. The van der Waals surface area contributed by atoms with E-state index in [4.69, 9.17) is 4.98 Å². The van der Waals surface area contributed by atoms with Crippen LogP contribution in [-0.4, -0.2) is 59.5 Å². The van der Waals surface area contributed by atoms with Gasteiger partial charge in [0.1, 0.15) is 0 Å². The topological polar surface area (TPSA) is 64.3 Å². The molecule has 158 valence electrons. The van der Waals surface area contributed by atoms with Gasteiger partial charge in [0, 0.05) is 38.1 Å². The number of nitrogens with one attached hydrogen (secondary N) is 2. The number of imidazole rings is 1. The Labute approximate surface area is 174 Å². The maximum absolute atomic E-state index is 12.6. The summed E-state index contributed by atoms with van der Waals surface area (Å²) in [4.78, 5) is 25.6. The summed E-state index contributed by atoms with van der Waals surface area (Å²) in [7, 11) is 0. The number of benzene rings is 1. The van der Waals surface area contributed by atoms with Gasteiger partial charge in [-0.3, -0.25) is 4.79 Å². The van der Waals surface area contributed by atoms with Crippen LogP contribution in [0.25, 0.3) is 11.0 Å². The van der Waals surface area contributed by atoms with Crippen molar-refractivity contribution in [1.82, 2.24) is 20.2 Å². The number of nitrogens with zero attached hydrogens (tertiary/aromatic N) is 3. The average molecular weight is 398 g/mol. The van der Waals surface area contributed by atoms with Gasteiger partial charge >= 0.3 is 0 Å². The second-order valence-corrected chi connectivity index (χ2v) is 8.87. The Morgan fingerprint density at radius 2 is 2.03 bits per heavy atom. The summed E-state index contributed by atoms with van der Waals surface area (Å²) in [6.45, 7) is 9.29. The first kappa shape index (κ1) is 20.2. The van der Waals surface area contributed by atoms with Crippen LogP contribution in [0.2, 0.25) is 0 Å². The van der Waals surface area contributed by atoms with E-state index in [9.17, 15) is 4.79 Å². The molecule has 0 unspecified atom stereocenters. The minimum atomic E-state index is 0.131. The molecule has 2 aromatic rings. The van der Waals surface area contributed by atoms with E-state index in [0.717, 1.165) is 62.4 Å². The van der Waals surface area contributed by atoms with Crippen LogP contribution in [0.15, 0.2) is 18.2 Å². The first-order chi connectivity index (χ1) is 14.1. The number of hydrogen-bond donors (Lipinski definition) is 2. The molecule has 2 aliphatic heterocycles. The number of rotatable bonds is 6. The minimum absolute atomic E-state index is 0.131. The van der Waals surface area contributed by atoms with Gasteiger partial charge in [-0.1, -0.05) is 12.5 Å². The number of piperidine rings is 2. The second kappa shape index (κ2) is 9.16. The third-order valence-electron chi connectivity index (χ3n) is 6.65. The van der Waals surface area contributed by atoms with Crippen LogP contribution in [0.4, 0.5) is 5.95 Å². The minimum Gasteiger partial charge on any atom is -0.356 e. The molecule has 2 N–H and O–H groups in total. The molecule has 0 spiro atoms. The van der Waals surface area contributed by atoms with E-state index in [1.165, 1.54) is 31.4 Å². The number of aromatic amines is 1. The Kier molecular flexibility index (Phi) is 6.38.